The zero-order chi connectivity index (χ0) is 20.3. The summed E-state index contributed by atoms with van der Waals surface area (Å²) >= 11 is 6.12. The molecule has 0 unspecified atom stereocenters. The molecule has 1 heterocycles. The predicted molar refractivity (Wildman–Crippen MR) is 108 cm³/mol. The molecule has 0 saturated carbocycles. The molecule has 1 aliphatic heterocycles. The summed E-state index contributed by atoms with van der Waals surface area (Å²) in [7, 11) is -3.44. The van der Waals surface area contributed by atoms with Crippen LogP contribution in [0.4, 0.5) is 5.69 Å². The highest BCUT2D eigenvalue weighted by Crippen LogP contribution is 2.25. The Morgan fingerprint density at radius 1 is 1.07 bits per heavy atom. The number of carbonyl (C=O) groups excluding carboxylic acids is 2. The number of likely N-dealkylation sites (tertiary alicyclic amines) is 1. The largest absolute Gasteiger partial charge is 0.339 e. The Bertz CT molecular complexity index is 985. The molecule has 2 aromatic rings. The smallest absolute Gasteiger partial charge is 0.255 e. The summed E-state index contributed by atoms with van der Waals surface area (Å²) in [5, 5.41) is 3.10. The number of benzene rings is 2. The van der Waals surface area contributed by atoms with E-state index in [-0.39, 0.29) is 33.2 Å². The molecule has 148 valence electrons. The van der Waals surface area contributed by atoms with Crippen LogP contribution in [0.1, 0.15) is 23.2 Å². The van der Waals surface area contributed by atoms with Crippen molar-refractivity contribution in [2.45, 2.75) is 17.7 Å². The maximum atomic E-state index is 12.8. The third kappa shape index (κ3) is 4.72. The van der Waals surface area contributed by atoms with Gasteiger partial charge in [0.1, 0.15) is 0 Å². The maximum absolute atomic E-state index is 12.8. The number of piperidine rings is 1. The van der Waals surface area contributed by atoms with Crippen LogP contribution < -0.4 is 5.32 Å². The SMILES string of the molecule is CS(=O)(=O)c1ccc(Cl)c(C(=O)N2CCC(C(=O)Nc3ccccc3)CC2)c1. The number of hydrogen-bond donors (Lipinski definition) is 1. The molecule has 0 bridgehead atoms. The van der Waals surface area contributed by atoms with E-state index in [0.717, 1.165) is 11.9 Å². The maximum Gasteiger partial charge on any atom is 0.255 e. The van der Waals surface area contributed by atoms with E-state index in [1.54, 1.807) is 4.90 Å². The van der Waals surface area contributed by atoms with Gasteiger partial charge in [-0.3, -0.25) is 9.59 Å². The zero-order valence-electron chi connectivity index (χ0n) is 15.4. The minimum absolute atomic E-state index is 0.0531. The van der Waals surface area contributed by atoms with Gasteiger partial charge in [-0.25, -0.2) is 8.42 Å². The first-order valence-corrected chi connectivity index (χ1v) is 11.2. The van der Waals surface area contributed by atoms with Crippen molar-refractivity contribution in [1.29, 1.82) is 0 Å². The van der Waals surface area contributed by atoms with Gasteiger partial charge in [0.05, 0.1) is 15.5 Å². The fourth-order valence-corrected chi connectivity index (χ4v) is 4.03. The number of anilines is 1. The lowest BCUT2D eigenvalue weighted by atomic mass is 9.95. The number of sulfone groups is 1. The highest BCUT2D eigenvalue weighted by atomic mass is 35.5. The number of nitrogens with zero attached hydrogens (tertiary/aromatic N) is 1. The zero-order valence-corrected chi connectivity index (χ0v) is 17.0. The molecule has 0 spiro atoms. The van der Waals surface area contributed by atoms with E-state index in [2.05, 4.69) is 5.32 Å². The van der Waals surface area contributed by atoms with E-state index >= 15 is 0 Å². The summed E-state index contributed by atoms with van der Waals surface area (Å²) in [5.41, 5.74) is 0.909. The van der Waals surface area contributed by atoms with Crippen molar-refractivity contribution in [2.24, 2.45) is 5.92 Å². The van der Waals surface area contributed by atoms with E-state index < -0.39 is 9.84 Å². The van der Waals surface area contributed by atoms with Crippen LogP contribution in [-0.4, -0.2) is 44.5 Å². The van der Waals surface area contributed by atoms with Crippen LogP contribution in [0.5, 0.6) is 0 Å². The van der Waals surface area contributed by atoms with Gasteiger partial charge in [-0.2, -0.15) is 0 Å². The van der Waals surface area contributed by atoms with Crippen molar-refractivity contribution in [3.05, 3.63) is 59.1 Å². The van der Waals surface area contributed by atoms with Crippen LogP contribution in [0.3, 0.4) is 0 Å². The molecule has 1 saturated heterocycles. The highest BCUT2D eigenvalue weighted by molar-refractivity contribution is 7.90. The number of carbonyl (C=O) groups is 2. The Kier molecular flexibility index (Phi) is 6.05. The first kappa shape index (κ1) is 20.4. The second-order valence-electron chi connectivity index (χ2n) is 6.84. The topological polar surface area (TPSA) is 83.6 Å². The van der Waals surface area contributed by atoms with Crippen molar-refractivity contribution in [2.75, 3.05) is 24.7 Å². The lowest BCUT2D eigenvalue weighted by Crippen LogP contribution is -2.41. The van der Waals surface area contributed by atoms with Gasteiger partial charge >= 0.3 is 0 Å². The number of amides is 2. The fourth-order valence-electron chi connectivity index (χ4n) is 3.18. The molecular weight excluding hydrogens is 400 g/mol. The van der Waals surface area contributed by atoms with Crippen LogP contribution in [0.15, 0.2) is 53.4 Å². The van der Waals surface area contributed by atoms with Crippen molar-refractivity contribution < 1.29 is 18.0 Å². The normalized spacial score (nSPS) is 15.3. The third-order valence-corrected chi connectivity index (χ3v) is 6.23. The molecule has 6 nitrogen and oxygen atoms in total. The molecule has 2 amide bonds. The number of nitrogens with one attached hydrogen (secondary N) is 1. The summed E-state index contributed by atoms with van der Waals surface area (Å²) in [6.45, 7) is 0.816. The quantitative estimate of drug-likeness (QED) is 0.823. The molecule has 0 aliphatic carbocycles. The lowest BCUT2D eigenvalue weighted by molar-refractivity contribution is -0.121. The summed E-state index contributed by atoms with van der Waals surface area (Å²) in [6.07, 6.45) is 2.16. The Morgan fingerprint density at radius 3 is 2.32 bits per heavy atom. The molecule has 3 rings (SSSR count). The highest BCUT2D eigenvalue weighted by Gasteiger charge is 2.29. The molecule has 28 heavy (non-hydrogen) atoms. The Hall–Kier alpha value is -2.38. The summed E-state index contributed by atoms with van der Waals surface area (Å²) < 4.78 is 23.5. The van der Waals surface area contributed by atoms with Gasteiger partial charge in [0, 0.05) is 31.0 Å². The van der Waals surface area contributed by atoms with Crippen LogP contribution in [0, 0.1) is 5.92 Å². The fraction of sp³-hybridized carbons (Fsp3) is 0.300. The van der Waals surface area contributed by atoms with Crippen LogP contribution in [-0.2, 0) is 14.6 Å². The number of halogens is 1. The number of hydrogen-bond acceptors (Lipinski definition) is 4. The van der Waals surface area contributed by atoms with Crippen LogP contribution in [0.2, 0.25) is 5.02 Å². The van der Waals surface area contributed by atoms with Gasteiger partial charge in [0.2, 0.25) is 5.91 Å². The number of para-hydroxylation sites is 1. The first-order chi connectivity index (χ1) is 13.3. The number of rotatable bonds is 4. The average molecular weight is 421 g/mol. The molecule has 1 aliphatic rings. The van der Waals surface area contributed by atoms with Crippen molar-refractivity contribution >= 4 is 38.9 Å². The molecule has 8 heteroatoms. The molecule has 1 N–H and O–H groups in total. The second-order valence-corrected chi connectivity index (χ2v) is 9.26. The minimum atomic E-state index is -3.44. The van der Waals surface area contributed by atoms with E-state index in [1.807, 2.05) is 30.3 Å². The second kappa shape index (κ2) is 8.32. The summed E-state index contributed by atoms with van der Waals surface area (Å²) in [4.78, 5) is 26.9. The van der Waals surface area contributed by atoms with E-state index in [1.165, 1.54) is 18.2 Å². The van der Waals surface area contributed by atoms with Gasteiger partial charge in [0.15, 0.2) is 9.84 Å². The molecule has 1 fully saturated rings. The first-order valence-electron chi connectivity index (χ1n) is 8.90. The van der Waals surface area contributed by atoms with Gasteiger partial charge in [0.25, 0.3) is 5.91 Å². The monoisotopic (exact) mass is 420 g/mol. The van der Waals surface area contributed by atoms with Gasteiger partial charge < -0.3 is 10.2 Å². The average Bonchev–Trinajstić information content (AvgIpc) is 2.68. The standard InChI is InChI=1S/C20H21ClN2O4S/c1-28(26,27)16-7-8-18(21)17(13-16)20(25)23-11-9-14(10-12-23)19(24)22-15-5-3-2-4-6-15/h2-8,13-14H,9-12H2,1H3,(H,22,24). The Balaban J connectivity index is 1.65. The predicted octanol–water partition coefficient (Wildman–Crippen LogP) is 3.23. The van der Waals surface area contributed by atoms with E-state index in [9.17, 15) is 18.0 Å². The summed E-state index contributed by atoms with van der Waals surface area (Å²) in [5.74, 6) is -0.560. The van der Waals surface area contributed by atoms with Crippen molar-refractivity contribution in [1.82, 2.24) is 4.90 Å². The van der Waals surface area contributed by atoms with Gasteiger partial charge in [-0.1, -0.05) is 29.8 Å². The van der Waals surface area contributed by atoms with Gasteiger partial charge in [-0.05, 0) is 43.2 Å². The molecule has 2 aromatic carbocycles. The molecular formula is C20H21ClN2O4S. The van der Waals surface area contributed by atoms with Gasteiger partial charge in [-0.15, -0.1) is 0 Å². The Labute approximate surface area is 169 Å². The van der Waals surface area contributed by atoms with Crippen molar-refractivity contribution in [3.63, 3.8) is 0 Å². The third-order valence-electron chi connectivity index (χ3n) is 4.79. The molecule has 0 radical (unpaired) electrons. The lowest BCUT2D eigenvalue weighted by Gasteiger charge is -2.31. The van der Waals surface area contributed by atoms with Crippen molar-refractivity contribution in [3.8, 4) is 0 Å². The van der Waals surface area contributed by atoms with E-state index in [0.29, 0.717) is 25.9 Å². The molecule has 0 aromatic heterocycles. The van der Waals surface area contributed by atoms with Crippen LogP contribution >= 0.6 is 11.6 Å². The molecule has 0 atom stereocenters. The Morgan fingerprint density at radius 2 is 1.71 bits per heavy atom. The minimum Gasteiger partial charge on any atom is -0.339 e. The van der Waals surface area contributed by atoms with E-state index in [4.69, 9.17) is 11.6 Å². The van der Waals surface area contributed by atoms with Crippen LogP contribution in [0.25, 0.3) is 0 Å². The summed E-state index contributed by atoms with van der Waals surface area (Å²) in [6, 6.07) is 13.4.